The molecular weight excluding hydrogens is 210 g/mol. The molecule has 1 rings (SSSR count). The summed E-state index contributed by atoms with van der Waals surface area (Å²) in [7, 11) is 0. The first-order valence-corrected chi connectivity index (χ1v) is 6.15. The molecule has 0 spiro atoms. The number of carbonyl (C=O) groups is 1. The second-order valence-corrected chi connectivity index (χ2v) is 6.07. The number of ketones is 1. The van der Waals surface area contributed by atoms with Crippen molar-refractivity contribution in [2.45, 2.75) is 46.5 Å². The van der Waals surface area contributed by atoms with E-state index >= 15 is 0 Å². The van der Waals surface area contributed by atoms with Crippen molar-refractivity contribution in [1.82, 2.24) is 0 Å². The summed E-state index contributed by atoms with van der Waals surface area (Å²) in [5.41, 5.74) is 8.34. The van der Waals surface area contributed by atoms with Crippen LogP contribution >= 0.6 is 0 Å². The third-order valence-corrected chi connectivity index (χ3v) is 2.81. The molecule has 2 nitrogen and oxygen atoms in total. The minimum atomic E-state index is 0.0422. The standard InChI is InChI=1S/C15H23NO/c1-10(2)8-14(17)12-9-11(15(3,4)5)6-7-13(12)16/h6-7,9-10H,8,16H2,1-5H3. The van der Waals surface area contributed by atoms with Crippen LogP contribution in [0.3, 0.4) is 0 Å². The fourth-order valence-corrected chi connectivity index (χ4v) is 1.75. The number of Topliss-reactive ketones (excluding diaryl/α,β-unsaturated/α-hetero) is 1. The molecule has 0 unspecified atom stereocenters. The van der Waals surface area contributed by atoms with Crippen LogP contribution in [0.1, 0.15) is 57.0 Å². The van der Waals surface area contributed by atoms with Crippen molar-refractivity contribution in [3.63, 3.8) is 0 Å². The minimum absolute atomic E-state index is 0.0422. The summed E-state index contributed by atoms with van der Waals surface area (Å²) >= 11 is 0. The third-order valence-electron chi connectivity index (χ3n) is 2.81. The number of anilines is 1. The van der Waals surface area contributed by atoms with Crippen LogP contribution in [0.25, 0.3) is 0 Å². The van der Waals surface area contributed by atoms with Gasteiger partial charge in [-0.1, -0.05) is 40.7 Å². The normalized spacial score (nSPS) is 11.9. The fourth-order valence-electron chi connectivity index (χ4n) is 1.75. The molecular formula is C15H23NO. The van der Waals surface area contributed by atoms with Crippen molar-refractivity contribution in [1.29, 1.82) is 0 Å². The van der Waals surface area contributed by atoms with Gasteiger partial charge in [-0.3, -0.25) is 4.79 Å². The van der Waals surface area contributed by atoms with Gasteiger partial charge < -0.3 is 5.73 Å². The van der Waals surface area contributed by atoms with Gasteiger partial charge in [-0.15, -0.1) is 0 Å². The summed E-state index contributed by atoms with van der Waals surface area (Å²) < 4.78 is 0. The molecule has 1 aromatic carbocycles. The summed E-state index contributed by atoms with van der Waals surface area (Å²) in [4.78, 5) is 12.1. The van der Waals surface area contributed by atoms with Crippen molar-refractivity contribution in [2.75, 3.05) is 5.73 Å². The highest BCUT2D eigenvalue weighted by Crippen LogP contribution is 2.26. The Hall–Kier alpha value is -1.31. The van der Waals surface area contributed by atoms with Gasteiger partial charge in [-0.05, 0) is 29.0 Å². The number of nitrogen functional groups attached to an aromatic ring is 1. The Morgan fingerprint density at radius 3 is 2.35 bits per heavy atom. The highest BCUT2D eigenvalue weighted by atomic mass is 16.1. The van der Waals surface area contributed by atoms with E-state index in [2.05, 4.69) is 20.8 Å². The Morgan fingerprint density at radius 1 is 1.29 bits per heavy atom. The molecule has 0 aliphatic carbocycles. The lowest BCUT2D eigenvalue weighted by Crippen LogP contribution is -2.14. The van der Waals surface area contributed by atoms with Crippen molar-refractivity contribution in [3.05, 3.63) is 29.3 Å². The van der Waals surface area contributed by atoms with E-state index in [1.54, 1.807) is 0 Å². The monoisotopic (exact) mass is 233 g/mol. The fraction of sp³-hybridized carbons (Fsp3) is 0.533. The quantitative estimate of drug-likeness (QED) is 0.637. The van der Waals surface area contributed by atoms with E-state index in [1.807, 2.05) is 32.0 Å². The molecule has 0 saturated heterocycles. The van der Waals surface area contributed by atoms with Crippen LogP contribution in [-0.4, -0.2) is 5.78 Å². The van der Waals surface area contributed by atoms with Gasteiger partial charge in [0.1, 0.15) is 0 Å². The van der Waals surface area contributed by atoms with Gasteiger partial charge in [0.15, 0.2) is 5.78 Å². The average Bonchev–Trinajstić information content (AvgIpc) is 2.15. The van der Waals surface area contributed by atoms with E-state index in [-0.39, 0.29) is 11.2 Å². The van der Waals surface area contributed by atoms with Crippen LogP contribution in [0, 0.1) is 5.92 Å². The van der Waals surface area contributed by atoms with Crippen molar-refractivity contribution in [3.8, 4) is 0 Å². The number of carbonyl (C=O) groups excluding carboxylic acids is 1. The molecule has 0 aliphatic rings. The SMILES string of the molecule is CC(C)CC(=O)c1cc(C(C)(C)C)ccc1N. The van der Waals surface area contributed by atoms with Gasteiger partial charge in [-0.2, -0.15) is 0 Å². The highest BCUT2D eigenvalue weighted by Gasteiger charge is 2.18. The zero-order chi connectivity index (χ0) is 13.2. The Labute approximate surface area is 104 Å². The van der Waals surface area contributed by atoms with Crippen LogP contribution in [0.5, 0.6) is 0 Å². The smallest absolute Gasteiger partial charge is 0.165 e. The maximum Gasteiger partial charge on any atom is 0.165 e. The molecule has 0 fully saturated rings. The number of nitrogens with two attached hydrogens (primary N) is 1. The molecule has 0 heterocycles. The van der Waals surface area contributed by atoms with E-state index < -0.39 is 0 Å². The Kier molecular flexibility index (Phi) is 3.97. The van der Waals surface area contributed by atoms with E-state index in [9.17, 15) is 4.79 Å². The molecule has 0 aromatic heterocycles. The van der Waals surface area contributed by atoms with E-state index in [4.69, 9.17) is 5.73 Å². The summed E-state index contributed by atoms with van der Waals surface area (Å²) in [5.74, 6) is 0.504. The summed E-state index contributed by atoms with van der Waals surface area (Å²) in [6.07, 6.45) is 0.553. The summed E-state index contributed by atoms with van der Waals surface area (Å²) in [6.45, 7) is 10.5. The van der Waals surface area contributed by atoms with Crippen molar-refractivity contribution in [2.24, 2.45) is 5.92 Å². The van der Waals surface area contributed by atoms with Crippen molar-refractivity contribution < 1.29 is 4.79 Å². The Balaban J connectivity index is 3.11. The van der Waals surface area contributed by atoms with E-state index in [1.165, 1.54) is 0 Å². The molecule has 2 N–H and O–H groups in total. The Morgan fingerprint density at radius 2 is 1.88 bits per heavy atom. The van der Waals surface area contributed by atoms with E-state index in [0.29, 0.717) is 23.6 Å². The van der Waals surface area contributed by atoms with Gasteiger partial charge in [-0.25, -0.2) is 0 Å². The third kappa shape index (κ3) is 3.58. The largest absolute Gasteiger partial charge is 0.398 e. The summed E-state index contributed by atoms with van der Waals surface area (Å²) in [5, 5.41) is 0. The van der Waals surface area contributed by atoms with Crippen LogP contribution < -0.4 is 5.73 Å². The lowest BCUT2D eigenvalue weighted by Gasteiger charge is -2.20. The molecule has 0 atom stereocenters. The van der Waals surface area contributed by atoms with Crippen LogP contribution in [0.4, 0.5) is 5.69 Å². The number of hydrogen-bond acceptors (Lipinski definition) is 2. The van der Waals surface area contributed by atoms with Gasteiger partial charge >= 0.3 is 0 Å². The van der Waals surface area contributed by atoms with Crippen molar-refractivity contribution >= 4 is 11.5 Å². The number of benzene rings is 1. The first-order valence-electron chi connectivity index (χ1n) is 6.15. The van der Waals surface area contributed by atoms with E-state index in [0.717, 1.165) is 5.56 Å². The molecule has 2 heteroatoms. The van der Waals surface area contributed by atoms with Gasteiger partial charge in [0.25, 0.3) is 0 Å². The molecule has 0 amide bonds. The van der Waals surface area contributed by atoms with Gasteiger partial charge in [0, 0.05) is 17.7 Å². The van der Waals surface area contributed by atoms with Crippen LogP contribution in [0.2, 0.25) is 0 Å². The maximum absolute atomic E-state index is 12.1. The average molecular weight is 233 g/mol. The van der Waals surface area contributed by atoms with Crippen LogP contribution in [-0.2, 0) is 5.41 Å². The topological polar surface area (TPSA) is 43.1 Å². The highest BCUT2D eigenvalue weighted by molar-refractivity contribution is 6.01. The predicted molar refractivity (Wildman–Crippen MR) is 73.3 cm³/mol. The van der Waals surface area contributed by atoms with Gasteiger partial charge in [0.05, 0.1) is 0 Å². The first-order chi connectivity index (χ1) is 7.71. The number of hydrogen-bond donors (Lipinski definition) is 1. The molecule has 0 saturated carbocycles. The second-order valence-electron chi connectivity index (χ2n) is 6.07. The zero-order valence-electron chi connectivity index (χ0n) is 11.5. The molecule has 1 aromatic rings. The molecule has 17 heavy (non-hydrogen) atoms. The first kappa shape index (κ1) is 13.8. The molecule has 94 valence electrons. The van der Waals surface area contributed by atoms with Crippen LogP contribution in [0.15, 0.2) is 18.2 Å². The predicted octanol–water partition coefficient (Wildman–Crippen LogP) is 3.80. The minimum Gasteiger partial charge on any atom is -0.398 e. The molecule has 0 radical (unpaired) electrons. The maximum atomic E-state index is 12.1. The summed E-state index contributed by atoms with van der Waals surface area (Å²) in [6, 6.07) is 5.79. The van der Waals surface area contributed by atoms with Gasteiger partial charge in [0.2, 0.25) is 0 Å². The molecule has 0 bridgehead atoms. The number of rotatable bonds is 3. The Bertz CT molecular complexity index is 413. The second kappa shape index (κ2) is 4.91. The lowest BCUT2D eigenvalue weighted by atomic mass is 9.85. The molecule has 0 aliphatic heterocycles. The lowest BCUT2D eigenvalue weighted by molar-refractivity contribution is 0.0968. The zero-order valence-corrected chi connectivity index (χ0v) is 11.5.